The van der Waals surface area contributed by atoms with Crippen molar-refractivity contribution in [3.8, 4) is 5.75 Å². The third-order valence-electron chi connectivity index (χ3n) is 3.70. The average molecular weight is 411 g/mol. The van der Waals surface area contributed by atoms with E-state index in [1.807, 2.05) is 0 Å². The number of carbonyl (C=O) groups is 1. The largest absolute Gasteiger partial charge is 0.487 e. The molecule has 1 unspecified atom stereocenters. The van der Waals surface area contributed by atoms with Crippen molar-refractivity contribution < 1.29 is 23.1 Å². The number of carboxylic acids is 1. The van der Waals surface area contributed by atoms with E-state index in [0.717, 1.165) is 11.3 Å². The lowest BCUT2D eigenvalue weighted by atomic mass is 10.1. The highest BCUT2D eigenvalue weighted by molar-refractivity contribution is 7.91. The number of carboxylic acid groups (broad SMARTS) is 1. The molecule has 0 aliphatic rings. The normalized spacial score (nSPS) is 13.2. The summed E-state index contributed by atoms with van der Waals surface area (Å²) in [7, 11) is -3.85. The zero-order valence-corrected chi connectivity index (χ0v) is 16.1. The van der Waals surface area contributed by atoms with Gasteiger partial charge in [0.2, 0.25) is 4.34 Å². The van der Waals surface area contributed by atoms with Gasteiger partial charge in [-0.2, -0.15) is 0 Å². The molecular weight excluding hydrogens is 394 g/mol. The van der Waals surface area contributed by atoms with Crippen LogP contribution >= 0.6 is 11.3 Å². The highest BCUT2D eigenvalue weighted by atomic mass is 32.2. The number of aromatic nitrogens is 4. The lowest BCUT2D eigenvalue weighted by molar-refractivity contribution is -0.142. The van der Waals surface area contributed by atoms with Gasteiger partial charge in [-0.25, -0.2) is 28.0 Å². The van der Waals surface area contributed by atoms with Crippen molar-refractivity contribution >= 4 is 37.5 Å². The number of nitrogens with two attached hydrogens (primary N) is 1. The van der Waals surface area contributed by atoms with Crippen molar-refractivity contribution in [3.63, 3.8) is 0 Å². The van der Waals surface area contributed by atoms with Crippen molar-refractivity contribution in [2.75, 3.05) is 0 Å². The van der Waals surface area contributed by atoms with Crippen molar-refractivity contribution in [2.45, 2.75) is 30.8 Å². The van der Waals surface area contributed by atoms with Crippen LogP contribution in [0.5, 0.6) is 5.75 Å². The monoisotopic (exact) mass is 411 g/mol. The van der Waals surface area contributed by atoms with Crippen molar-refractivity contribution in [1.82, 2.24) is 20.0 Å². The standard InChI is InChI=1S/C15H17N5O5S2/c1-8(2)13(14(21)22)20-6-9(18-19-20)7-25-10-3-4-11-12(5-10)26-15(17-11)27(16,23)24/h3-6,8,13H,7H2,1-2H3,(H,21,22)(H2,16,23,24). The van der Waals surface area contributed by atoms with Crippen LogP contribution in [0, 0.1) is 5.92 Å². The predicted molar refractivity (Wildman–Crippen MR) is 96.9 cm³/mol. The summed E-state index contributed by atoms with van der Waals surface area (Å²) in [4.78, 5) is 15.3. The molecule has 0 aliphatic carbocycles. The van der Waals surface area contributed by atoms with Crippen molar-refractivity contribution in [1.29, 1.82) is 0 Å². The van der Waals surface area contributed by atoms with Crippen LogP contribution in [0.4, 0.5) is 0 Å². The van der Waals surface area contributed by atoms with Crippen LogP contribution in [0.15, 0.2) is 28.7 Å². The smallest absolute Gasteiger partial charge is 0.328 e. The Hall–Kier alpha value is -2.57. The summed E-state index contributed by atoms with van der Waals surface area (Å²) in [5.41, 5.74) is 0.972. The number of benzene rings is 1. The number of aliphatic carboxylic acids is 1. The van der Waals surface area contributed by atoms with Crippen LogP contribution in [0.3, 0.4) is 0 Å². The van der Waals surface area contributed by atoms with E-state index in [0.29, 0.717) is 21.7 Å². The van der Waals surface area contributed by atoms with E-state index in [1.165, 1.54) is 10.9 Å². The van der Waals surface area contributed by atoms with Crippen LogP contribution in [0.2, 0.25) is 0 Å². The molecular formula is C15H17N5O5S2. The number of thiazole rings is 1. The fourth-order valence-corrected chi connectivity index (χ4v) is 4.16. The van der Waals surface area contributed by atoms with Gasteiger partial charge in [-0.3, -0.25) is 0 Å². The zero-order valence-electron chi connectivity index (χ0n) is 14.4. The number of fused-ring (bicyclic) bond motifs is 1. The van der Waals surface area contributed by atoms with Crippen LogP contribution in [-0.4, -0.2) is 39.5 Å². The van der Waals surface area contributed by atoms with Gasteiger partial charge in [0.05, 0.1) is 16.4 Å². The first-order valence-electron chi connectivity index (χ1n) is 7.85. The van der Waals surface area contributed by atoms with Gasteiger partial charge in [-0.05, 0) is 24.1 Å². The molecule has 3 aromatic rings. The summed E-state index contributed by atoms with van der Waals surface area (Å²) in [5.74, 6) is -0.649. The lowest BCUT2D eigenvalue weighted by Gasteiger charge is -2.15. The molecule has 3 N–H and O–H groups in total. The molecule has 0 spiro atoms. The van der Waals surface area contributed by atoms with Gasteiger partial charge in [0.25, 0.3) is 10.0 Å². The Morgan fingerprint density at radius 1 is 1.41 bits per heavy atom. The SMILES string of the molecule is CC(C)C(C(=O)O)n1cc(COc2ccc3nc(S(N)(=O)=O)sc3c2)nn1. The van der Waals surface area contributed by atoms with Crippen LogP contribution in [0.1, 0.15) is 25.6 Å². The first kappa shape index (κ1) is 19.2. The van der Waals surface area contributed by atoms with E-state index in [4.69, 9.17) is 9.88 Å². The van der Waals surface area contributed by atoms with Crippen LogP contribution in [-0.2, 0) is 21.4 Å². The topological polar surface area (TPSA) is 150 Å². The summed E-state index contributed by atoms with van der Waals surface area (Å²) < 4.78 is 30.2. The Morgan fingerprint density at radius 3 is 2.78 bits per heavy atom. The highest BCUT2D eigenvalue weighted by Crippen LogP contribution is 2.28. The number of hydrogen-bond acceptors (Lipinski definition) is 8. The summed E-state index contributed by atoms with van der Waals surface area (Å²) in [6.45, 7) is 3.66. The average Bonchev–Trinajstić information content (AvgIpc) is 3.18. The molecule has 0 radical (unpaired) electrons. The Kier molecular flexibility index (Phi) is 5.13. The Balaban J connectivity index is 1.74. The fourth-order valence-electron chi connectivity index (χ4n) is 2.47. The van der Waals surface area contributed by atoms with E-state index in [-0.39, 0.29) is 16.9 Å². The molecule has 27 heavy (non-hydrogen) atoms. The summed E-state index contributed by atoms with van der Waals surface area (Å²) in [5, 5.41) is 22.2. The molecule has 0 saturated carbocycles. The number of sulfonamides is 1. The molecule has 0 aliphatic heterocycles. The lowest BCUT2D eigenvalue weighted by Crippen LogP contribution is -2.24. The Morgan fingerprint density at radius 2 is 2.15 bits per heavy atom. The van der Waals surface area contributed by atoms with Gasteiger partial charge in [-0.15, -0.1) is 16.4 Å². The highest BCUT2D eigenvalue weighted by Gasteiger charge is 2.25. The van der Waals surface area contributed by atoms with Gasteiger partial charge >= 0.3 is 5.97 Å². The van der Waals surface area contributed by atoms with E-state index in [1.54, 1.807) is 32.0 Å². The Bertz CT molecular complexity index is 1090. The fraction of sp³-hybridized carbons (Fsp3) is 0.333. The molecule has 10 nitrogen and oxygen atoms in total. The molecule has 2 aromatic heterocycles. The van der Waals surface area contributed by atoms with Crippen LogP contribution < -0.4 is 9.88 Å². The molecule has 0 saturated heterocycles. The summed E-state index contributed by atoms with van der Waals surface area (Å²) in [6.07, 6.45) is 1.53. The molecule has 3 rings (SSSR count). The van der Waals surface area contributed by atoms with Crippen molar-refractivity contribution in [3.05, 3.63) is 30.1 Å². The van der Waals surface area contributed by atoms with E-state index in [9.17, 15) is 18.3 Å². The van der Waals surface area contributed by atoms with Gasteiger partial charge < -0.3 is 9.84 Å². The number of nitrogens with zero attached hydrogens (tertiary/aromatic N) is 4. The molecule has 2 heterocycles. The van der Waals surface area contributed by atoms with Gasteiger partial charge in [0, 0.05) is 0 Å². The van der Waals surface area contributed by atoms with Gasteiger partial charge in [0.1, 0.15) is 18.1 Å². The minimum atomic E-state index is -3.85. The number of ether oxygens (including phenoxy) is 1. The molecule has 0 amide bonds. The first-order valence-corrected chi connectivity index (χ1v) is 10.2. The van der Waals surface area contributed by atoms with Gasteiger partial charge in [0.15, 0.2) is 6.04 Å². The minimum absolute atomic E-state index is 0.0801. The third-order valence-corrected chi connectivity index (χ3v) is 6.04. The quantitative estimate of drug-likeness (QED) is 0.592. The summed E-state index contributed by atoms with van der Waals surface area (Å²) in [6, 6.07) is 4.12. The maximum absolute atomic E-state index is 11.4. The third kappa shape index (κ3) is 4.23. The predicted octanol–water partition coefficient (Wildman–Crippen LogP) is 1.40. The maximum Gasteiger partial charge on any atom is 0.328 e. The number of primary sulfonamides is 1. The van der Waals surface area contributed by atoms with Gasteiger partial charge in [-0.1, -0.05) is 19.1 Å². The number of rotatable bonds is 7. The van der Waals surface area contributed by atoms with E-state index in [2.05, 4.69) is 15.3 Å². The zero-order chi connectivity index (χ0) is 19.8. The molecule has 0 fully saturated rings. The molecule has 1 atom stereocenters. The molecule has 144 valence electrons. The van der Waals surface area contributed by atoms with E-state index >= 15 is 0 Å². The second-order valence-corrected chi connectivity index (χ2v) is 8.93. The molecule has 12 heteroatoms. The second kappa shape index (κ2) is 7.21. The number of hydrogen-bond donors (Lipinski definition) is 2. The summed E-state index contributed by atoms with van der Waals surface area (Å²) >= 11 is 0.953. The van der Waals surface area contributed by atoms with Crippen molar-refractivity contribution in [2.24, 2.45) is 11.1 Å². The maximum atomic E-state index is 11.4. The van der Waals surface area contributed by atoms with Crippen LogP contribution in [0.25, 0.3) is 10.2 Å². The molecule has 1 aromatic carbocycles. The Labute approximate surface area is 158 Å². The first-order chi connectivity index (χ1) is 12.6. The minimum Gasteiger partial charge on any atom is -0.487 e. The molecule has 0 bridgehead atoms. The second-order valence-electron chi connectivity index (χ2n) is 6.16. The van der Waals surface area contributed by atoms with E-state index < -0.39 is 22.0 Å².